The third-order valence-electron chi connectivity index (χ3n) is 5.27. The van der Waals surface area contributed by atoms with E-state index in [4.69, 9.17) is 0 Å². The standard InChI is InChI=1S/C23H23F5O/c1-2-3-7-15-10-11-19(18(12-15)16-8-5-4-6-9-16)23(27,28)29-17-13-20(24)22(26)21(25)14-17/h2-3,10-14,16H,4-9H2,1H3/b3-2+. The Morgan fingerprint density at radius 3 is 2.28 bits per heavy atom. The summed E-state index contributed by atoms with van der Waals surface area (Å²) in [4.78, 5) is 0. The molecule has 0 atom stereocenters. The maximum Gasteiger partial charge on any atom is 0.426 e. The van der Waals surface area contributed by atoms with Gasteiger partial charge in [0.2, 0.25) is 0 Å². The Hall–Kier alpha value is -2.37. The van der Waals surface area contributed by atoms with Crippen molar-refractivity contribution in [3.63, 3.8) is 0 Å². The summed E-state index contributed by atoms with van der Waals surface area (Å²) in [5, 5.41) is 0. The van der Waals surface area contributed by atoms with Gasteiger partial charge in [-0.2, -0.15) is 8.78 Å². The number of allylic oxidation sites excluding steroid dienone is 2. The molecular weight excluding hydrogens is 387 g/mol. The molecule has 0 spiro atoms. The zero-order valence-electron chi connectivity index (χ0n) is 16.2. The number of benzene rings is 2. The SMILES string of the molecule is C/C=C/Cc1ccc(C(F)(F)Oc2cc(F)c(F)c(F)c2)c(C2CCCCC2)c1. The van der Waals surface area contributed by atoms with E-state index < -0.39 is 29.3 Å². The second-order valence-corrected chi connectivity index (χ2v) is 7.35. The number of ether oxygens (including phenoxy) is 1. The zero-order valence-corrected chi connectivity index (χ0v) is 16.2. The minimum Gasteiger partial charge on any atom is -0.429 e. The molecule has 1 nitrogen and oxygen atoms in total. The Morgan fingerprint density at radius 2 is 1.66 bits per heavy atom. The quantitative estimate of drug-likeness (QED) is 0.274. The predicted octanol–water partition coefficient (Wildman–Crippen LogP) is 7.40. The van der Waals surface area contributed by atoms with Crippen LogP contribution in [0.4, 0.5) is 22.0 Å². The maximum atomic E-state index is 15.0. The summed E-state index contributed by atoms with van der Waals surface area (Å²) in [6, 6.07) is 5.54. The van der Waals surface area contributed by atoms with Crippen LogP contribution in [0.15, 0.2) is 42.5 Å². The van der Waals surface area contributed by atoms with E-state index >= 15 is 8.78 Å². The topological polar surface area (TPSA) is 9.23 Å². The Kier molecular flexibility index (Phi) is 6.60. The molecule has 0 radical (unpaired) electrons. The monoisotopic (exact) mass is 410 g/mol. The Bertz CT molecular complexity index is 862. The molecule has 156 valence electrons. The van der Waals surface area contributed by atoms with Crippen LogP contribution in [0.5, 0.6) is 5.75 Å². The van der Waals surface area contributed by atoms with Crippen molar-refractivity contribution >= 4 is 0 Å². The summed E-state index contributed by atoms with van der Waals surface area (Å²) in [6.45, 7) is 1.89. The van der Waals surface area contributed by atoms with Crippen LogP contribution in [0, 0.1) is 17.5 Å². The van der Waals surface area contributed by atoms with E-state index in [0.29, 0.717) is 24.1 Å². The molecule has 3 rings (SSSR count). The summed E-state index contributed by atoms with van der Waals surface area (Å²) < 4.78 is 74.7. The number of rotatable bonds is 6. The molecule has 6 heteroatoms. The molecule has 29 heavy (non-hydrogen) atoms. The average Bonchev–Trinajstić information content (AvgIpc) is 2.70. The highest BCUT2D eigenvalue weighted by atomic mass is 19.3. The summed E-state index contributed by atoms with van der Waals surface area (Å²) in [6.07, 6.45) is 5.24. The molecule has 0 aromatic heterocycles. The molecule has 0 saturated heterocycles. The van der Waals surface area contributed by atoms with Crippen LogP contribution in [0.25, 0.3) is 0 Å². The van der Waals surface area contributed by atoms with Gasteiger partial charge in [0.15, 0.2) is 17.5 Å². The lowest BCUT2D eigenvalue weighted by atomic mass is 9.81. The van der Waals surface area contributed by atoms with E-state index in [1.807, 2.05) is 19.1 Å². The van der Waals surface area contributed by atoms with Gasteiger partial charge in [0.25, 0.3) is 0 Å². The number of hydrogen-bond donors (Lipinski definition) is 0. The molecule has 0 aliphatic heterocycles. The molecular formula is C23H23F5O. The van der Waals surface area contributed by atoms with Gasteiger partial charge in [-0.15, -0.1) is 0 Å². The van der Waals surface area contributed by atoms with Crippen LogP contribution >= 0.6 is 0 Å². The Balaban J connectivity index is 1.98. The fourth-order valence-corrected chi connectivity index (χ4v) is 3.80. The lowest BCUT2D eigenvalue weighted by molar-refractivity contribution is -0.186. The normalized spacial score (nSPS) is 15.8. The first-order valence-electron chi connectivity index (χ1n) is 9.77. The van der Waals surface area contributed by atoms with Crippen LogP contribution < -0.4 is 4.74 Å². The maximum absolute atomic E-state index is 15.0. The van der Waals surface area contributed by atoms with Crippen LogP contribution in [0.1, 0.15) is 61.6 Å². The molecule has 2 aromatic carbocycles. The van der Waals surface area contributed by atoms with Crippen molar-refractivity contribution in [2.24, 2.45) is 0 Å². The molecule has 0 N–H and O–H groups in total. The van der Waals surface area contributed by atoms with Crippen molar-refractivity contribution in [1.29, 1.82) is 0 Å². The van der Waals surface area contributed by atoms with Crippen molar-refractivity contribution in [3.05, 3.63) is 76.6 Å². The van der Waals surface area contributed by atoms with Crippen molar-refractivity contribution in [3.8, 4) is 5.75 Å². The van der Waals surface area contributed by atoms with E-state index in [1.165, 1.54) is 6.07 Å². The summed E-state index contributed by atoms with van der Waals surface area (Å²) >= 11 is 0. The van der Waals surface area contributed by atoms with Gasteiger partial charge >= 0.3 is 6.11 Å². The van der Waals surface area contributed by atoms with E-state index in [9.17, 15) is 13.2 Å². The molecule has 1 aliphatic rings. The Labute approximate surface area is 167 Å². The molecule has 1 saturated carbocycles. The number of halogens is 5. The second-order valence-electron chi connectivity index (χ2n) is 7.35. The highest BCUT2D eigenvalue weighted by Crippen LogP contribution is 2.41. The lowest BCUT2D eigenvalue weighted by Gasteiger charge is -2.28. The van der Waals surface area contributed by atoms with Gasteiger partial charge in [-0.25, -0.2) is 13.2 Å². The van der Waals surface area contributed by atoms with E-state index in [2.05, 4.69) is 4.74 Å². The third kappa shape index (κ3) is 4.98. The van der Waals surface area contributed by atoms with Gasteiger partial charge in [0.05, 0.1) is 5.56 Å². The Morgan fingerprint density at radius 1 is 1.00 bits per heavy atom. The number of alkyl halides is 2. The molecule has 0 bridgehead atoms. The van der Waals surface area contributed by atoms with Crippen molar-refractivity contribution in [1.82, 2.24) is 0 Å². The summed E-state index contributed by atoms with van der Waals surface area (Å²) in [5.41, 5.74) is 1.08. The minimum atomic E-state index is -3.82. The van der Waals surface area contributed by atoms with Crippen molar-refractivity contribution in [2.45, 2.75) is 57.5 Å². The summed E-state index contributed by atoms with van der Waals surface area (Å²) in [7, 11) is 0. The van der Waals surface area contributed by atoms with Gasteiger partial charge in [-0.1, -0.05) is 43.5 Å². The smallest absolute Gasteiger partial charge is 0.426 e. The minimum absolute atomic E-state index is 0.0273. The van der Waals surface area contributed by atoms with Gasteiger partial charge in [0, 0.05) is 12.1 Å². The van der Waals surface area contributed by atoms with Crippen LogP contribution in [0.3, 0.4) is 0 Å². The van der Waals surface area contributed by atoms with E-state index in [1.54, 1.807) is 12.1 Å². The highest BCUT2D eigenvalue weighted by Gasteiger charge is 2.39. The predicted molar refractivity (Wildman–Crippen MR) is 102 cm³/mol. The molecule has 0 unspecified atom stereocenters. The molecule has 0 amide bonds. The second kappa shape index (κ2) is 8.97. The molecule has 1 aliphatic carbocycles. The van der Waals surface area contributed by atoms with Gasteiger partial charge in [0.1, 0.15) is 5.75 Å². The van der Waals surface area contributed by atoms with Crippen LogP contribution in [0.2, 0.25) is 0 Å². The van der Waals surface area contributed by atoms with Gasteiger partial charge in [-0.3, -0.25) is 0 Å². The lowest BCUT2D eigenvalue weighted by Crippen LogP contribution is -2.25. The van der Waals surface area contributed by atoms with Crippen LogP contribution in [-0.4, -0.2) is 0 Å². The summed E-state index contributed by atoms with van der Waals surface area (Å²) in [5.74, 6) is -5.67. The third-order valence-corrected chi connectivity index (χ3v) is 5.27. The van der Waals surface area contributed by atoms with E-state index in [-0.39, 0.29) is 11.5 Å². The zero-order chi connectivity index (χ0) is 21.0. The fraction of sp³-hybridized carbons (Fsp3) is 0.391. The fourth-order valence-electron chi connectivity index (χ4n) is 3.80. The first-order valence-corrected chi connectivity index (χ1v) is 9.77. The molecule has 2 aromatic rings. The molecule has 0 heterocycles. The molecule has 1 fully saturated rings. The highest BCUT2D eigenvalue weighted by molar-refractivity contribution is 5.39. The average molecular weight is 410 g/mol. The van der Waals surface area contributed by atoms with Crippen molar-refractivity contribution < 1.29 is 26.7 Å². The van der Waals surface area contributed by atoms with Crippen molar-refractivity contribution in [2.75, 3.05) is 0 Å². The van der Waals surface area contributed by atoms with E-state index in [0.717, 1.165) is 37.7 Å². The van der Waals surface area contributed by atoms with Gasteiger partial charge < -0.3 is 4.74 Å². The largest absolute Gasteiger partial charge is 0.429 e. The first-order chi connectivity index (χ1) is 13.8. The first kappa shape index (κ1) is 21.3. The van der Waals surface area contributed by atoms with Crippen LogP contribution in [-0.2, 0) is 12.5 Å². The number of hydrogen-bond acceptors (Lipinski definition) is 1. The van der Waals surface area contributed by atoms with Gasteiger partial charge in [-0.05, 0) is 49.3 Å².